The molecule has 0 fully saturated rings. The van der Waals surface area contributed by atoms with E-state index in [0.29, 0.717) is 0 Å². The summed E-state index contributed by atoms with van der Waals surface area (Å²) in [6.07, 6.45) is -1.55. The first-order chi connectivity index (χ1) is 2.81. The van der Waals surface area contributed by atoms with Gasteiger partial charge in [-0.3, -0.25) is 9.78 Å². The van der Waals surface area contributed by atoms with Crippen molar-refractivity contribution >= 4 is 29.2 Å². The standard InChI is InChI=1S/CH2O5.Mg.2H/c2-1(5-3)6-4;;;/h3-4H;;;/q;+2;2*-1. The Kier molecular flexibility index (Phi) is 8.55. The molecule has 0 bridgehead atoms. The monoisotopic (exact) mass is 120 g/mol. The molecule has 7 heavy (non-hydrogen) atoms. The van der Waals surface area contributed by atoms with Crippen LogP contribution in [0.3, 0.4) is 0 Å². The average Bonchev–Trinajstić information content (AvgIpc) is 1.65. The zero-order valence-electron chi connectivity index (χ0n) is 5.33. The Morgan fingerprint density at radius 2 is 1.71 bits per heavy atom. The van der Waals surface area contributed by atoms with Gasteiger partial charge in [-0.1, -0.05) is 0 Å². The van der Waals surface area contributed by atoms with E-state index in [1.165, 1.54) is 0 Å². The summed E-state index contributed by atoms with van der Waals surface area (Å²) >= 11 is 0. The molecular formula is CH4MgO5. The summed E-state index contributed by atoms with van der Waals surface area (Å²) in [5, 5.41) is 14.4. The summed E-state index contributed by atoms with van der Waals surface area (Å²) in [4.78, 5) is 14.8. The van der Waals surface area contributed by atoms with Gasteiger partial charge < -0.3 is 2.85 Å². The molecular weight excluding hydrogens is 116 g/mol. The predicted molar refractivity (Wildman–Crippen MR) is 20.8 cm³/mol. The van der Waals surface area contributed by atoms with Crippen molar-refractivity contribution in [2.75, 3.05) is 0 Å². The van der Waals surface area contributed by atoms with Gasteiger partial charge in [0.15, 0.2) is 0 Å². The summed E-state index contributed by atoms with van der Waals surface area (Å²) in [5.41, 5.74) is 0. The van der Waals surface area contributed by atoms with Gasteiger partial charge in [0.25, 0.3) is 0 Å². The fraction of sp³-hybridized carbons (Fsp3) is 0. The molecule has 2 N–H and O–H groups in total. The normalized spacial score (nSPS) is 6.00. The molecule has 5 nitrogen and oxygen atoms in total. The SMILES string of the molecule is O=C(OO)OO.[H-].[H-].[Mg+2]. The van der Waals surface area contributed by atoms with Gasteiger partial charge in [0.05, 0.1) is 0 Å². The van der Waals surface area contributed by atoms with Crippen LogP contribution in [0.2, 0.25) is 0 Å². The third-order valence-electron chi connectivity index (χ3n) is 0.149. The molecule has 0 saturated heterocycles. The van der Waals surface area contributed by atoms with Crippen LogP contribution in [0.1, 0.15) is 2.85 Å². The van der Waals surface area contributed by atoms with Crippen LogP contribution in [-0.4, -0.2) is 39.7 Å². The topological polar surface area (TPSA) is 76.0 Å². The van der Waals surface area contributed by atoms with Gasteiger partial charge in [-0.05, 0) is 0 Å². The van der Waals surface area contributed by atoms with Gasteiger partial charge in [-0.25, -0.2) is 0 Å². The number of hydrogen-bond donors (Lipinski definition) is 2. The minimum Gasteiger partial charge on any atom is -1.00 e. The van der Waals surface area contributed by atoms with Crippen molar-refractivity contribution in [3.05, 3.63) is 0 Å². The molecule has 0 aromatic carbocycles. The smallest absolute Gasteiger partial charge is 1.00 e. The summed E-state index contributed by atoms with van der Waals surface area (Å²) in [6, 6.07) is 0. The van der Waals surface area contributed by atoms with Gasteiger partial charge in [0.1, 0.15) is 0 Å². The van der Waals surface area contributed by atoms with Crippen molar-refractivity contribution in [3.8, 4) is 0 Å². The zero-order valence-corrected chi connectivity index (χ0v) is 4.74. The van der Waals surface area contributed by atoms with Gasteiger partial charge in [-0.2, -0.15) is 15.3 Å². The van der Waals surface area contributed by atoms with Crippen LogP contribution < -0.4 is 0 Å². The van der Waals surface area contributed by atoms with Crippen LogP contribution in [0.25, 0.3) is 0 Å². The van der Waals surface area contributed by atoms with E-state index in [9.17, 15) is 4.79 Å². The molecule has 0 saturated carbocycles. The van der Waals surface area contributed by atoms with Crippen LogP contribution in [0, 0.1) is 0 Å². The van der Waals surface area contributed by atoms with Crippen molar-refractivity contribution < 1.29 is 27.9 Å². The molecule has 0 atom stereocenters. The molecule has 0 aromatic rings. The predicted octanol–water partition coefficient (Wildman–Crippen LogP) is -0.0702. The maximum absolute atomic E-state index is 9.24. The van der Waals surface area contributed by atoms with Gasteiger partial charge in [0, 0.05) is 0 Å². The maximum Gasteiger partial charge on any atom is 2.00 e. The Morgan fingerprint density at radius 3 is 1.71 bits per heavy atom. The van der Waals surface area contributed by atoms with E-state index in [4.69, 9.17) is 10.5 Å². The van der Waals surface area contributed by atoms with E-state index >= 15 is 0 Å². The Labute approximate surface area is 57.8 Å². The van der Waals surface area contributed by atoms with Crippen LogP contribution in [-0.2, 0) is 9.78 Å². The molecule has 0 rings (SSSR count). The van der Waals surface area contributed by atoms with Gasteiger partial charge >= 0.3 is 29.2 Å². The van der Waals surface area contributed by atoms with E-state index < -0.39 is 6.16 Å². The number of hydrogen-bond acceptors (Lipinski definition) is 5. The molecule has 0 aromatic heterocycles. The molecule has 0 unspecified atom stereocenters. The third kappa shape index (κ3) is 5.96. The molecule has 0 aliphatic carbocycles. The molecule has 0 amide bonds. The minimum atomic E-state index is -1.55. The molecule has 0 spiro atoms. The van der Waals surface area contributed by atoms with E-state index in [1.807, 2.05) is 0 Å². The first-order valence-corrected chi connectivity index (χ1v) is 0.978. The third-order valence-corrected chi connectivity index (χ3v) is 0.149. The molecule has 0 heterocycles. The average molecular weight is 120 g/mol. The van der Waals surface area contributed by atoms with Gasteiger partial charge in [0.2, 0.25) is 0 Å². The van der Waals surface area contributed by atoms with Crippen LogP contribution in [0.4, 0.5) is 4.79 Å². The molecule has 6 heteroatoms. The van der Waals surface area contributed by atoms with E-state index in [-0.39, 0.29) is 25.9 Å². The zero-order chi connectivity index (χ0) is 4.99. The number of carbonyl (C=O) groups excluding carboxylic acids is 1. The van der Waals surface area contributed by atoms with Crippen molar-refractivity contribution in [2.24, 2.45) is 0 Å². The van der Waals surface area contributed by atoms with Crippen molar-refractivity contribution in [3.63, 3.8) is 0 Å². The van der Waals surface area contributed by atoms with Gasteiger partial charge in [-0.15, -0.1) is 0 Å². The molecule has 0 aliphatic heterocycles. The minimum absolute atomic E-state index is 0. The second kappa shape index (κ2) is 5.96. The first kappa shape index (κ1) is 10.0. The Morgan fingerprint density at radius 1 is 1.43 bits per heavy atom. The molecule has 40 valence electrons. The number of carbonyl (C=O) groups is 1. The van der Waals surface area contributed by atoms with Crippen molar-refractivity contribution in [2.45, 2.75) is 0 Å². The second-order valence-corrected chi connectivity index (χ2v) is 0.433. The fourth-order valence-electron chi connectivity index (χ4n) is 0.0167. The molecule has 0 radical (unpaired) electrons. The summed E-state index contributed by atoms with van der Waals surface area (Å²) < 4.78 is 0. The van der Waals surface area contributed by atoms with Crippen LogP contribution in [0.5, 0.6) is 0 Å². The largest absolute Gasteiger partial charge is 2.00 e. The maximum atomic E-state index is 9.24. The van der Waals surface area contributed by atoms with Crippen molar-refractivity contribution in [1.29, 1.82) is 0 Å². The summed E-state index contributed by atoms with van der Waals surface area (Å²) in [5.74, 6) is 0. The quantitative estimate of drug-likeness (QED) is 0.266. The van der Waals surface area contributed by atoms with E-state index in [2.05, 4.69) is 9.78 Å². The Balaban J connectivity index is -0.0000000417. The Hall–Kier alpha value is -0.0438. The molecule has 0 aliphatic rings. The van der Waals surface area contributed by atoms with Crippen LogP contribution >= 0.6 is 0 Å². The summed E-state index contributed by atoms with van der Waals surface area (Å²) in [6.45, 7) is 0. The van der Waals surface area contributed by atoms with E-state index in [0.717, 1.165) is 0 Å². The second-order valence-electron chi connectivity index (χ2n) is 0.433. The Bertz CT molecular complexity index is 52.9. The van der Waals surface area contributed by atoms with Crippen molar-refractivity contribution in [1.82, 2.24) is 0 Å². The first-order valence-electron chi connectivity index (χ1n) is 0.978. The van der Waals surface area contributed by atoms with E-state index in [1.54, 1.807) is 0 Å². The summed E-state index contributed by atoms with van der Waals surface area (Å²) in [7, 11) is 0. The van der Waals surface area contributed by atoms with Crippen LogP contribution in [0.15, 0.2) is 0 Å². The fourth-order valence-corrected chi connectivity index (χ4v) is 0.0167. The number of rotatable bonds is 0.